The van der Waals surface area contributed by atoms with Gasteiger partial charge in [-0.2, -0.15) is 0 Å². The summed E-state index contributed by atoms with van der Waals surface area (Å²) < 4.78 is 4.78. The Hall–Kier alpha value is -1.88. The Morgan fingerprint density at radius 3 is 2.65 bits per heavy atom. The Morgan fingerprint density at radius 1 is 1.35 bits per heavy atom. The number of thiazole rings is 1. The van der Waals surface area contributed by atoms with Crippen molar-refractivity contribution in [2.45, 2.75) is 20.4 Å². The lowest BCUT2D eigenvalue weighted by Crippen LogP contribution is -2.21. The van der Waals surface area contributed by atoms with E-state index in [0.717, 1.165) is 23.9 Å². The Kier molecular flexibility index (Phi) is 4.74. The molecule has 0 aliphatic heterocycles. The Balaban J connectivity index is 2.22. The van der Waals surface area contributed by atoms with Gasteiger partial charge < -0.3 is 9.64 Å². The lowest BCUT2D eigenvalue weighted by Gasteiger charge is -2.19. The SMILES string of the molecule is CCN(Cc1ccccc1)c1nc(C)c(C(=O)OC)s1. The molecule has 0 bridgehead atoms. The van der Waals surface area contributed by atoms with Gasteiger partial charge in [0.2, 0.25) is 0 Å². The van der Waals surface area contributed by atoms with Crippen molar-refractivity contribution in [1.82, 2.24) is 4.98 Å². The van der Waals surface area contributed by atoms with Crippen molar-refractivity contribution >= 4 is 22.4 Å². The standard InChI is InChI=1S/C15H18N2O2S/c1-4-17(10-12-8-6-5-7-9-12)15-16-11(2)13(20-15)14(18)19-3/h5-9H,4,10H2,1-3H3. The summed E-state index contributed by atoms with van der Waals surface area (Å²) in [6.45, 7) is 5.54. The zero-order valence-electron chi connectivity index (χ0n) is 11.9. The van der Waals surface area contributed by atoms with Crippen LogP contribution in [0.25, 0.3) is 0 Å². The van der Waals surface area contributed by atoms with Gasteiger partial charge in [-0.3, -0.25) is 0 Å². The molecule has 0 saturated heterocycles. The topological polar surface area (TPSA) is 42.4 Å². The van der Waals surface area contributed by atoms with Crippen molar-refractivity contribution < 1.29 is 9.53 Å². The summed E-state index contributed by atoms with van der Waals surface area (Å²) in [5, 5.41) is 0.856. The van der Waals surface area contributed by atoms with E-state index in [1.165, 1.54) is 24.0 Å². The third kappa shape index (κ3) is 3.17. The third-order valence-corrected chi connectivity index (χ3v) is 4.22. The van der Waals surface area contributed by atoms with E-state index in [1.54, 1.807) is 0 Å². The van der Waals surface area contributed by atoms with Crippen LogP contribution in [0, 0.1) is 6.92 Å². The fraction of sp³-hybridized carbons (Fsp3) is 0.333. The maximum atomic E-state index is 11.6. The highest BCUT2D eigenvalue weighted by atomic mass is 32.1. The van der Waals surface area contributed by atoms with E-state index in [-0.39, 0.29) is 5.97 Å². The van der Waals surface area contributed by atoms with Crippen LogP contribution >= 0.6 is 11.3 Å². The number of methoxy groups -OCH3 is 1. The monoisotopic (exact) mass is 290 g/mol. The number of hydrogen-bond acceptors (Lipinski definition) is 5. The molecule has 1 aromatic carbocycles. The second-order valence-electron chi connectivity index (χ2n) is 4.40. The Labute approximate surface area is 123 Å². The highest BCUT2D eigenvalue weighted by Gasteiger charge is 2.18. The first-order valence-corrected chi connectivity index (χ1v) is 7.32. The fourth-order valence-electron chi connectivity index (χ4n) is 1.92. The van der Waals surface area contributed by atoms with Crippen LogP contribution in [0.15, 0.2) is 30.3 Å². The van der Waals surface area contributed by atoms with E-state index in [2.05, 4.69) is 28.9 Å². The average Bonchev–Trinajstić information content (AvgIpc) is 2.87. The number of carbonyl (C=O) groups is 1. The van der Waals surface area contributed by atoms with Crippen LogP contribution in [0.5, 0.6) is 0 Å². The van der Waals surface area contributed by atoms with Crippen LogP contribution in [0.3, 0.4) is 0 Å². The summed E-state index contributed by atoms with van der Waals surface area (Å²) in [5.74, 6) is -0.318. The quantitative estimate of drug-likeness (QED) is 0.793. The second kappa shape index (κ2) is 6.52. The van der Waals surface area contributed by atoms with Crippen molar-refractivity contribution in [2.75, 3.05) is 18.6 Å². The third-order valence-electron chi connectivity index (χ3n) is 3.02. The molecular formula is C15H18N2O2S. The number of anilines is 1. The Morgan fingerprint density at radius 2 is 2.05 bits per heavy atom. The van der Waals surface area contributed by atoms with Gasteiger partial charge in [-0.15, -0.1) is 0 Å². The van der Waals surface area contributed by atoms with Gasteiger partial charge in [0, 0.05) is 13.1 Å². The van der Waals surface area contributed by atoms with Crippen LogP contribution in [0.1, 0.15) is 27.9 Å². The van der Waals surface area contributed by atoms with Crippen molar-refractivity contribution in [3.8, 4) is 0 Å². The molecule has 0 saturated carbocycles. The summed E-state index contributed by atoms with van der Waals surface area (Å²) in [4.78, 5) is 18.9. The molecule has 5 heteroatoms. The number of esters is 1. The zero-order valence-corrected chi connectivity index (χ0v) is 12.7. The van der Waals surface area contributed by atoms with Gasteiger partial charge in [-0.05, 0) is 19.4 Å². The minimum absolute atomic E-state index is 0.318. The van der Waals surface area contributed by atoms with Gasteiger partial charge in [-0.1, -0.05) is 41.7 Å². The molecule has 106 valence electrons. The summed E-state index contributed by atoms with van der Waals surface area (Å²) >= 11 is 1.38. The first-order chi connectivity index (χ1) is 9.65. The molecule has 0 atom stereocenters. The van der Waals surface area contributed by atoms with E-state index in [4.69, 9.17) is 4.74 Å². The molecular weight excluding hydrogens is 272 g/mol. The maximum Gasteiger partial charge on any atom is 0.350 e. The molecule has 0 unspecified atom stereocenters. The molecule has 2 rings (SSSR count). The summed E-state index contributed by atoms with van der Waals surface area (Å²) in [6, 6.07) is 10.2. The molecule has 2 aromatic rings. The number of aromatic nitrogens is 1. The summed E-state index contributed by atoms with van der Waals surface area (Å²) in [5.41, 5.74) is 1.95. The number of ether oxygens (including phenoxy) is 1. The van der Waals surface area contributed by atoms with Crippen LogP contribution < -0.4 is 4.90 Å². The summed E-state index contributed by atoms with van der Waals surface area (Å²) in [6.07, 6.45) is 0. The number of benzene rings is 1. The van der Waals surface area contributed by atoms with Gasteiger partial charge >= 0.3 is 5.97 Å². The summed E-state index contributed by atoms with van der Waals surface area (Å²) in [7, 11) is 1.39. The lowest BCUT2D eigenvalue weighted by atomic mass is 10.2. The van der Waals surface area contributed by atoms with E-state index >= 15 is 0 Å². The maximum absolute atomic E-state index is 11.6. The average molecular weight is 290 g/mol. The van der Waals surface area contributed by atoms with E-state index in [9.17, 15) is 4.79 Å². The minimum atomic E-state index is -0.318. The van der Waals surface area contributed by atoms with Crippen molar-refractivity contribution in [3.05, 3.63) is 46.5 Å². The first kappa shape index (κ1) is 14.5. The van der Waals surface area contributed by atoms with E-state index in [0.29, 0.717) is 4.88 Å². The van der Waals surface area contributed by atoms with Gasteiger partial charge in [-0.25, -0.2) is 9.78 Å². The van der Waals surface area contributed by atoms with Crippen molar-refractivity contribution in [2.24, 2.45) is 0 Å². The molecule has 0 fully saturated rings. The zero-order chi connectivity index (χ0) is 14.5. The minimum Gasteiger partial charge on any atom is -0.465 e. The van der Waals surface area contributed by atoms with Gasteiger partial charge in [0.1, 0.15) is 4.88 Å². The van der Waals surface area contributed by atoms with Crippen LogP contribution in [-0.2, 0) is 11.3 Å². The van der Waals surface area contributed by atoms with Crippen LogP contribution in [0.4, 0.5) is 5.13 Å². The van der Waals surface area contributed by atoms with E-state index < -0.39 is 0 Å². The molecule has 0 aliphatic carbocycles. The number of aryl methyl sites for hydroxylation is 1. The molecule has 20 heavy (non-hydrogen) atoms. The van der Waals surface area contributed by atoms with Gasteiger partial charge in [0.25, 0.3) is 0 Å². The fourth-order valence-corrected chi connectivity index (χ4v) is 2.97. The van der Waals surface area contributed by atoms with Crippen molar-refractivity contribution in [1.29, 1.82) is 0 Å². The number of carbonyl (C=O) groups excluding carboxylic acids is 1. The normalized spacial score (nSPS) is 10.3. The number of hydrogen-bond donors (Lipinski definition) is 0. The molecule has 4 nitrogen and oxygen atoms in total. The highest BCUT2D eigenvalue weighted by Crippen LogP contribution is 2.27. The first-order valence-electron chi connectivity index (χ1n) is 6.50. The number of rotatable bonds is 5. The molecule has 0 amide bonds. The Bertz CT molecular complexity index is 581. The molecule has 0 spiro atoms. The molecule has 0 N–H and O–H groups in total. The lowest BCUT2D eigenvalue weighted by molar-refractivity contribution is 0.0605. The molecule has 1 aromatic heterocycles. The highest BCUT2D eigenvalue weighted by molar-refractivity contribution is 7.17. The van der Waals surface area contributed by atoms with Gasteiger partial charge in [0.15, 0.2) is 5.13 Å². The van der Waals surface area contributed by atoms with Crippen LogP contribution in [-0.4, -0.2) is 24.6 Å². The smallest absolute Gasteiger partial charge is 0.350 e. The predicted molar refractivity (Wildman–Crippen MR) is 81.4 cm³/mol. The van der Waals surface area contributed by atoms with Crippen LogP contribution in [0.2, 0.25) is 0 Å². The molecule has 0 aliphatic rings. The molecule has 1 heterocycles. The predicted octanol–water partition coefficient (Wildman–Crippen LogP) is 3.26. The second-order valence-corrected chi connectivity index (χ2v) is 5.38. The van der Waals surface area contributed by atoms with E-state index in [1.807, 2.05) is 25.1 Å². The largest absolute Gasteiger partial charge is 0.465 e. The number of nitrogens with zero attached hydrogens (tertiary/aromatic N) is 2. The van der Waals surface area contributed by atoms with Gasteiger partial charge in [0.05, 0.1) is 12.8 Å². The van der Waals surface area contributed by atoms with Crippen molar-refractivity contribution in [3.63, 3.8) is 0 Å². The molecule has 0 radical (unpaired) electrons.